The Balaban J connectivity index is 1.70. The Labute approximate surface area is 172 Å². The summed E-state index contributed by atoms with van der Waals surface area (Å²) in [5, 5.41) is 0.590. The van der Waals surface area contributed by atoms with Gasteiger partial charge in [0.15, 0.2) is 4.77 Å². The zero-order valence-electron chi connectivity index (χ0n) is 15.9. The van der Waals surface area contributed by atoms with Gasteiger partial charge in [-0.05, 0) is 56.0 Å². The second-order valence-electron chi connectivity index (χ2n) is 7.24. The van der Waals surface area contributed by atoms with Gasteiger partial charge in [0.2, 0.25) is 0 Å². The van der Waals surface area contributed by atoms with Crippen LogP contribution in [0.1, 0.15) is 40.1 Å². The van der Waals surface area contributed by atoms with Crippen molar-refractivity contribution in [3.63, 3.8) is 0 Å². The van der Waals surface area contributed by atoms with Crippen LogP contribution in [0, 0.1) is 11.7 Å². The number of carbonyl (C=O) groups is 1. The summed E-state index contributed by atoms with van der Waals surface area (Å²) in [5.74, 6) is 0.0351. The molecule has 0 spiro atoms. The van der Waals surface area contributed by atoms with E-state index in [1.54, 1.807) is 4.57 Å². The van der Waals surface area contributed by atoms with Crippen molar-refractivity contribution < 1.29 is 4.79 Å². The molecule has 1 saturated heterocycles. The number of hydrogen-bond donors (Lipinski definition) is 1. The number of nitrogens with one attached hydrogen (secondary N) is 1. The first-order chi connectivity index (χ1) is 13.6. The fraction of sp³-hybridized carbons (Fsp3) is 0.381. The van der Waals surface area contributed by atoms with Gasteiger partial charge in [-0.1, -0.05) is 30.3 Å². The minimum Gasteiger partial charge on any atom is -0.338 e. The van der Waals surface area contributed by atoms with E-state index in [2.05, 4.69) is 4.98 Å². The quantitative estimate of drug-likeness (QED) is 0.649. The lowest BCUT2D eigenvalue weighted by Gasteiger charge is -2.26. The number of thiophene rings is 1. The number of aromatic nitrogens is 2. The highest BCUT2D eigenvalue weighted by Crippen LogP contribution is 2.29. The van der Waals surface area contributed by atoms with Crippen LogP contribution in [0.5, 0.6) is 0 Å². The molecule has 0 radical (unpaired) electrons. The van der Waals surface area contributed by atoms with Crippen molar-refractivity contribution in [2.45, 2.75) is 39.2 Å². The summed E-state index contributed by atoms with van der Waals surface area (Å²) in [6.07, 6.45) is 4.00. The number of nitrogens with zero attached hydrogens (tertiary/aromatic N) is 2. The van der Waals surface area contributed by atoms with Crippen LogP contribution in [0.3, 0.4) is 0 Å². The van der Waals surface area contributed by atoms with Gasteiger partial charge in [0.25, 0.3) is 11.5 Å². The maximum atomic E-state index is 13.2. The molecule has 1 fully saturated rings. The number of carbonyl (C=O) groups excluding carboxylic acids is 1. The van der Waals surface area contributed by atoms with Gasteiger partial charge < -0.3 is 9.88 Å². The molecule has 3 aromatic rings. The number of aryl methyl sites for hydroxylation is 2. The van der Waals surface area contributed by atoms with Crippen molar-refractivity contribution in [2.24, 2.45) is 0 Å². The van der Waals surface area contributed by atoms with E-state index >= 15 is 0 Å². The number of likely N-dealkylation sites (tertiary alicyclic amines) is 1. The first-order valence-corrected chi connectivity index (χ1v) is 10.9. The monoisotopic (exact) mass is 413 g/mol. The van der Waals surface area contributed by atoms with Crippen LogP contribution < -0.4 is 5.56 Å². The van der Waals surface area contributed by atoms with Crippen LogP contribution in [-0.2, 0) is 13.0 Å². The van der Waals surface area contributed by atoms with Crippen LogP contribution in [0.15, 0.2) is 35.1 Å². The van der Waals surface area contributed by atoms with Crippen molar-refractivity contribution in [2.75, 3.05) is 13.1 Å². The van der Waals surface area contributed by atoms with Gasteiger partial charge in [0.1, 0.15) is 4.83 Å². The maximum Gasteiger partial charge on any atom is 0.264 e. The summed E-state index contributed by atoms with van der Waals surface area (Å²) in [4.78, 5) is 32.6. The van der Waals surface area contributed by atoms with Gasteiger partial charge >= 0.3 is 0 Å². The minimum atomic E-state index is -0.110. The Hall–Kier alpha value is -2.25. The molecular formula is C21H23N3O2S2. The summed E-state index contributed by atoms with van der Waals surface area (Å²) < 4.78 is 2.02. The smallest absolute Gasteiger partial charge is 0.264 e. The van der Waals surface area contributed by atoms with Crippen molar-refractivity contribution in [3.05, 3.63) is 61.5 Å². The van der Waals surface area contributed by atoms with Crippen molar-refractivity contribution in [1.82, 2.24) is 14.5 Å². The molecule has 1 aromatic carbocycles. The molecular weight excluding hydrogens is 390 g/mol. The summed E-state index contributed by atoms with van der Waals surface area (Å²) in [6, 6.07) is 10.0. The van der Waals surface area contributed by atoms with Crippen LogP contribution in [-0.4, -0.2) is 33.4 Å². The van der Waals surface area contributed by atoms with E-state index in [-0.39, 0.29) is 11.5 Å². The molecule has 1 aliphatic heterocycles. The molecule has 4 rings (SSSR count). The number of piperidine rings is 1. The van der Waals surface area contributed by atoms with E-state index < -0.39 is 0 Å². The fourth-order valence-corrected chi connectivity index (χ4v) is 5.29. The van der Waals surface area contributed by atoms with E-state index in [1.165, 1.54) is 17.8 Å². The molecule has 3 heterocycles. The Morgan fingerprint density at radius 1 is 1.18 bits per heavy atom. The third-order valence-corrected chi connectivity index (χ3v) is 6.89. The summed E-state index contributed by atoms with van der Waals surface area (Å²) in [7, 11) is 0. The van der Waals surface area contributed by atoms with Gasteiger partial charge in [-0.25, -0.2) is 0 Å². The molecule has 0 unspecified atom stereocenters. The van der Waals surface area contributed by atoms with E-state index in [9.17, 15) is 9.59 Å². The van der Waals surface area contributed by atoms with E-state index in [0.717, 1.165) is 43.5 Å². The predicted molar refractivity (Wildman–Crippen MR) is 116 cm³/mol. The van der Waals surface area contributed by atoms with Gasteiger partial charge in [0, 0.05) is 19.6 Å². The lowest BCUT2D eigenvalue weighted by molar-refractivity contribution is 0.0728. The standard InChI is InChI=1S/C21H23N3O2S2/c1-14-16-18(28-17(14)20(26)23-11-6-3-7-12-23)22-21(27)24(19(16)25)13-10-15-8-4-2-5-9-15/h2,4-5,8-9H,3,6-7,10-13H2,1H3,(H,22,27). The molecule has 0 bridgehead atoms. The molecule has 7 heteroatoms. The topological polar surface area (TPSA) is 58.1 Å². The average molecular weight is 414 g/mol. The molecule has 0 atom stereocenters. The normalized spacial score (nSPS) is 14.5. The van der Waals surface area contributed by atoms with E-state index in [4.69, 9.17) is 12.2 Å². The Bertz CT molecular complexity index is 1120. The Morgan fingerprint density at radius 3 is 2.61 bits per heavy atom. The number of benzene rings is 1. The minimum absolute atomic E-state index is 0.0351. The highest BCUT2D eigenvalue weighted by molar-refractivity contribution is 7.71. The van der Waals surface area contributed by atoms with E-state index in [1.807, 2.05) is 42.2 Å². The SMILES string of the molecule is Cc1c(C(=O)N2CCCCC2)sc2[nH]c(=S)n(CCc3ccccc3)c(=O)c12. The van der Waals surface area contributed by atoms with Crippen LogP contribution in [0.2, 0.25) is 0 Å². The average Bonchev–Trinajstić information content (AvgIpc) is 3.05. The third-order valence-electron chi connectivity index (χ3n) is 5.38. The van der Waals surface area contributed by atoms with Crippen molar-refractivity contribution >= 4 is 39.7 Å². The number of H-pyrrole nitrogens is 1. The first-order valence-electron chi connectivity index (χ1n) is 9.65. The Kier molecular flexibility index (Phi) is 5.46. The molecule has 2 aromatic heterocycles. The third kappa shape index (κ3) is 3.56. The lowest BCUT2D eigenvalue weighted by Crippen LogP contribution is -2.35. The molecule has 146 valence electrons. The van der Waals surface area contributed by atoms with Crippen molar-refractivity contribution in [3.8, 4) is 0 Å². The summed E-state index contributed by atoms with van der Waals surface area (Å²) >= 11 is 6.79. The molecule has 28 heavy (non-hydrogen) atoms. The number of fused-ring (bicyclic) bond motifs is 1. The molecule has 0 saturated carbocycles. The molecule has 0 aliphatic carbocycles. The molecule has 5 nitrogen and oxygen atoms in total. The lowest BCUT2D eigenvalue weighted by atomic mass is 10.1. The number of amides is 1. The van der Waals surface area contributed by atoms with Crippen LogP contribution in [0.4, 0.5) is 0 Å². The molecule has 1 N–H and O–H groups in total. The van der Waals surface area contributed by atoms with Gasteiger partial charge in [-0.15, -0.1) is 11.3 Å². The van der Waals surface area contributed by atoms with Gasteiger partial charge in [-0.3, -0.25) is 14.2 Å². The van der Waals surface area contributed by atoms with Crippen molar-refractivity contribution in [1.29, 1.82) is 0 Å². The highest BCUT2D eigenvalue weighted by Gasteiger charge is 2.24. The highest BCUT2D eigenvalue weighted by atomic mass is 32.1. The van der Waals surface area contributed by atoms with E-state index in [0.29, 0.717) is 26.4 Å². The van der Waals surface area contributed by atoms with Gasteiger partial charge in [0.05, 0.1) is 10.3 Å². The Morgan fingerprint density at radius 2 is 1.89 bits per heavy atom. The first kappa shape index (κ1) is 19.1. The zero-order valence-corrected chi connectivity index (χ0v) is 17.5. The predicted octanol–water partition coefficient (Wildman–Crippen LogP) is 4.30. The van der Waals surface area contributed by atoms with Crippen LogP contribution in [0.25, 0.3) is 10.2 Å². The molecule has 1 aliphatic rings. The summed E-state index contributed by atoms with van der Waals surface area (Å²) in [6.45, 7) is 3.97. The van der Waals surface area contributed by atoms with Crippen LogP contribution >= 0.6 is 23.6 Å². The maximum absolute atomic E-state index is 13.2. The fourth-order valence-electron chi connectivity index (χ4n) is 3.78. The van der Waals surface area contributed by atoms with Gasteiger partial charge in [-0.2, -0.15) is 0 Å². The zero-order chi connectivity index (χ0) is 19.7. The second kappa shape index (κ2) is 8.01. The number of aromatic amines is 1. The second-order valence-corrected chi connectivity index (χ2v) is 8.64. The largest absolute Gasteiger partial charge is 0.338 e. The molecule has 1 amide bonds. The number of hydrogen-bond acceptors (Lipinski definition) is 4. The number of rotatable bonds is 4. The summed E-state index contributed by atoms with van der Waals surface area (Å²) in [5.41, 5.74) is 1.81.